The van der Waals surface area contributed by atoms with Crippen LogP contribution in [0.15, 0.2) is 54.0 Å². The maximum atomic E-state index is 5.88. The second-order valence-electron chi connectivity index (χ2n) is 6.10. The zero-order chi connectivity index (χ0) is 19.5. The normalized spacial score (nSPS) is 10.8. The molecule has 0 unspecified atom stereocenters. The van der Waals surface area contributed by atoms with Gasteiger partial charge < -0.3 is 20.5 Å². The van der Waals surface area contributed by atoms with Crippen LogP contribution in [-0.4, -0.2) is 24.2 Å². The molecule has 0 saturated heterocycles. The first kappa shape index (κ1) is 18.2. The van der Waals surface area contributed by atoms with Crippen molar-refractivity contribution in [3.63, 3.8) is 0 Å². The lowest BCUT2D eigenvalue weighted by Crippen LogP contribution is -2.03. The summed E-state index contributed by atoms with van der Waals surface area (Å²) in [5, 5.41) is 8.08. The van der Waals surface area contributed by atoms with E-state index in [-0.39, 0.29) is 0 Å². The molecular weight excluding hydrogens is 372 g/mol. The molecule has 0 amide bonds. The molecule has 0 aliphatic heterocycles. The minimum Gasteiger partial charge on any atom is -0.493 e. The molecule has 4 aromatic rings. The number of aromatic nitrogens is 2. The summed E-state index contributed by atoms with van der Waals surface area (Å²) >= 11 is 1.54. The van der Waals surface area contributed by atoms with Crippen molar-refractivity contribution in [1.29, 1.82) is 0 Å². The van der Waals surface area contributed by atoms with E-state index in [9.17, 15) is 0 Å². The first-order valence-corrected chi connectivity index (χ1v) is 9.63. The number of pyridine rings is 1. The average molecular weight is 392 g/mol. The fourth-order valence-electron chi connectivity index (χ4n) is 3.07. The molecule has 3 N–H and O–H groups in total. The standard InChI is InChI=1S/C21H20N4O2S/c1-26-19-8-14-15(9-20(19)27-2)17(11-23-16(14)10-22)24-21-25-18(12-28-21)13-6-4-3-5-7-13/h3-9,11-12H,10,22H2,1-2H3,(H,24,25). The van der Waals surface area contributed by atoms with E-state index in [0.29, 0.717) is 18.0 Å². The fourth-order valence-corrected chi connectivity index (χ4v) is 3.80. The number of nitrogens with zero attached hydrogens (tertiary/aromatic N) is 2. The van der Waals surface area contributed by atoms with E-state index in [1.165, 1.54) is 0 Å². The third-order valence-corrected chi connectivity index (χ3v) is 5.24. The number of thiazole rings is 1. The predicted molar refractivity (Wildman–Crippen MR) is 114 cm³/mol. The van der Waals surface area contributed by atoms with E-state index in [4.69, 9.17) is 20.2 Å². The first-order valence-electron chi connectivity index (χ1n) is 8.75. The van der Waals surface area contributed by atoms with Crippen molar-refractivity contribution in [2.75, 3.05) is 19.5 Å². The molecule has 0 fully saturated rings. The highest BCUT2D eigenvalue weighted by atomic mass is 32.1. The minimum atomic E-state index is 0.335. The molecule has 0 aliphatic rings. The number of anilines is 2. The van der Waals surface area contributed by atoms with Crippen LogP contribution in [0.3, 0.4) is 0 Å². The number of rotatable bonds is 6. The lowest BCUT2D eigenvalue weighted by molar-refractivity contribution is 0.356. The second kappa shape index (κ2) is 7.84. The van der Waals surface area contributed by atoms with Gasteiger partial charge in [0.1, 0.15) is 0 Å². The van der Waals surface area contributed by atoms with Gasteiger partial charge in [0.25, 0.3) is 0 Å². The van der Waals surface area contributed by atoms with Crippen LogP contribution in [0, 0.1) is 0 Å². The third kappa shape index (κ3) is 3.37. The molecule has 0 radical (unpaired) electrons. The molecule has 2 aromatic heterocycles. The second-order valence-corrected chi connectivity index (χ2v) is 6.96. The van der Waals surface area contributed by atoms with Crippen molar-refractivity contribution in [2.24, 2.45) is 5.73 Å². The molecular formula is C21H20N4O2S. The minimum absolute atomic E-state index is 0.335. The molecule has 2 aromatic carbocycles. The number of hydrogen-bond acceptors (Lipinski definition) is 7. The van der Waals surface area contributed by atoms with Gasteiger partial charge in [-0.05, 0) is 12.1 Å². The summed E-state index contributed by atoms with van der Waals surface area (Å²) < 4.78 is 10.9. The Kier molecular flexibility index (Phi) is 5.10. The highest BCUT2D eigenvalue weighted by Crippen LogP contribution is 2.37. The van der Waals surface area contributed by atoms with Crippen molar-refractivity contribution >= 4 is 32.9 Å². The Labute approximate surface area is 167 Å². The maximum Gasteiger partial charge on any atom is 0.187 e. The molecule has 2 heterocycles. The van der Waals surface area contributed by atoms with Crippen molar-refractivity contribution in [3.8, 4) is 22.8 Å². The Morgan fingerprint density at radius 2 is 1.75 bits per heavy atom. The van der Waals surface area contributed by atoms with Gasteiger partial charge in [-0.25, -0.2) is 4.98 Å². The Morgan fingerprint density at radius 1 is 1.04 bits per heavy atom. The number of hydrogen-bond donors (Lipinski definition) is 2. The van der Waals surface area contributed by atoms with Gasteiger partial charge in [0.05, 0.1) is 37.5 Å². The summed E-state index contributed by atoms with van der Waals surface area (Å²) in [5.74, 6) is 1.29. The van der Waals surface area contributed by atoms with E-state index >= 15 is 0 Å². The highest BCUT2D eigenvalue weighted by Gasteiger charge is 2.14. The van der Waals surface area contributed by atoms with Gasteiger partial charge >= 0.3 is 0 Å². The molecule has 0 aliphatic carbocycles. The Hall–Kier alpha value is -3.16. The van der Waals surface area contributed by atoms with Crippen LogP contribution in [0.25, 0.3) is 22.0 Å². The first-order chi connectivity index (χ1) is 13.7. The Morgan fingerprint density at radius 3 is 2.43 bits per heavy atom. The largest absolute Gasteiger partial charge is 0.493 e. The lowest BCUT2D eigenvalue weighted by atomic mass is 10.1. The van der Waals surface area contributed by atoms with Gasteiger partial charge in [-0.15, -0.1) is 11.3 Å². The molecule has 0 bridgehead atoms. The van der Waals surface area contributed by atoms with E-state index in [1.807, 2.05) is 47.8 Å². The molecule has 4 rings (SSSR count). The number of ether oxygens (including phenoxy) is 2. The van der Waals surface area contributed by atoms with Crippen molar-refractivity contribution in [1.82, 2.24) is 9.97 Å². The number of fused-ring (bicyclic) bond motifs is 1. The highest BCUT2D eigenvalue weighted by molar-refractivity contribution is 7.14. The summed E-state index contributed by atoms with van der Waals surface area (Å²) in [7, 11) is 3.23. The molecule has 28 heavy (non-hydrogen) atoms. The van der Waals surface area contributed by atoms with Crippen LogP contribution in [-0.2, 0) is 6.54 Å². The Bertz CT molecular complexity index is 1110. The van der Waals surface area contributed by atoms with Gasteiger partial charge in [-0.2, -0.15) is 0 Å². The molecule has 0 saturated carbocycles. The number of nitrogens with two attached hydrogens (primary N) is 1. The van der Waals surface area contributed by atoms with Crippen molar-refractivity contribution in [2.45, 2.75) is 6.54 Å². The van der Waals surface area contributed by atoms with Gasteiger partial charge in [-0.3, -0.25) is 4.98 Å². The van der Waals surface area contributed by atoms with E-state index in [2.05, 4.69) is 10.3 Å². The predicted octanol–water partition coefficient (Wildman–Crippen LogP) is 4.58. The number of nitrogens with one attached hydrogen (secondary N) is 1. The zero-order valence-corrected chi connectivity index (χ0v) is 16.4. The summed E-state index contributed by atoms with van der Waals surface area (Å²) in [5.41, 5.74) is 9.53. The van der Waals surface area contributed by atoms with Crippen molar-refractivity contribution < 1.29 is 9.47 Å². The fraction of sp³-hybridized carbons (Fsp3) is 0.143. The van der Waals surface area contributed by atoms with Crippen LogP contribution in [0.2, 0.25) is 0 Å². The molecule has 6 nitrogen and oxygen atoms in total. The van der Waals surface area contributed by atoms with Gasteiger partial charge in [0, 0.05) is 28.3 Å². The van der Waals surface area contributed by atoms with Gasteiger partial charge in [-0.1, -0.05) is 30.3 Å². The van der Waals surface area contributed by atoms with Crippen LogP contribution in [0.4, 0.5) is 10.8 Å². The SMILES string of the molecule is COc1cc2c(Nc3nc(-c4ccccc4)cs3)cnc(CN)c2cc1OC. The quantitative estimate of drug-likeness (QED) is 0.500. The Balaban J connectivity index is 1.76. The van der Waals surface area contributed by atoms with Crippen LogP contribution in [0.5, 0.6) is 11.5 Å². The van der Waals surface area contributed by atoms with Crippen LogP contribution >= 0.6 is 11.3 Å². The van der Waals surface area contributed by atoms with E-state index < -0.39 is 0 Å². The maximum absolute atomic E-state index is 5.88. The van der Waals surface area contributed by atoms with Gasteiger partial charge in [0.2, 0.25) is 0 Å². The van der Waals surface area contributed by atoms with Gasteiger partial charge in [0.15, 0.2) is 16.6 Å². The average Bonchev–Trinajstić information content (AvgIpc) is 3.22. The third-order valence-electron chi connectivity index (χ3n) is 4.48. The molecule has 0 atom stereocenters. The summed E-state index contributed by atoms with van der Waals surface area (Å²) in [6.45, 7) is 0.335. The monoisotopic (exact) mass is 392 g/mol. The topological polar surface area (TPSA) is 82.3 Å². The number of benzene rings is 2. The number of methoxy groups -OCH3 is 2. The van der Waals surface area contributed by atoms with E-state index in [1.54, 1.807) is 31.8 Å². The molecule has 142 valence electrons. The van der Waals surface area contributed by atoms with E-state index in [0.717, 1.165) is 38.5 Å². The smallest absolute Gasteiger partial charge is 0.187 e. The zero-order valence-electron chi connectivity index (χ0n) is 15.6. The summed E-state index contributed by atoms with van der Waals surface area (Å²) in [6.07, 6.45) is 1.78. The van der Waals surface area contributed by atoms with Crippen molar-refractivity contribution in [3.05, 3.63) is 59.7 Å². The van der Waals surface area contributed by atoms with Crippen LogP contribution < -0.4 is 20.5 Å². The summed E-state index contributed by atoms with van der Waals surface area (Å²) in [6, 6.07) is 13.9. The molecule has 7 heteroatoms. The van der Waals surface area contributed by atoms with Crippen LogP contribution in [0.1, 0.15) is 5.69 Å². The lowest BCUT2D eigenvalue weighted by Gasteiger charge is -2.14. The summed E-state index contributed by atoms with van der Waals surface area (Å²) in [4.78, 5) is 9.21. The molecule has 0 spiro atoms.